The summed E-state index contributed by atoms with van der Waals surface area (Å²) >= 11 is 4.99. The minimum absolute atomic E-state index is 0.108. The van der Waals surface area contributed by atoms with E-state index in [-0.39, 0.29) is 17.3 Å². The van der Waals surface area contributed by atoms with Crippen LogP contribution in [-0.2, 0) is 22.3 Å². The number of ether oxygens (including phenoxy) is 1. The van der Waals surface area contributed by atoms with Crippen molar-refractivity contribution in [2.45, 2.75) is 35.2 Å². The lowest BCUT2D eigenvalue weighted by atomic mass is 10.2. The van der Waals surface area contributed by atoms with Crippen LogP contribution in [0.1, 0.15) is 34.6 Å². The zero-order valence-corrected chi connectivity index (χ0v) is 25.0. The minimum atomic E-state index is -3.54. The summed E-state index contributed by atoms with van der Waals surface area (Å²) in [5, 5.41) is 12.3. The molecule has 1 aliphatic rings. The van der Waals surface area contributed by atoms with Crippen LogP contribution in [0.3, 0.4) is 0 Å². The van der Waals surface area contributed by atoms with Gasteiger partial charge in [0.05, 0.1) is 24.2 Å². The fourth-order valence-corrected chi connectivity index (χ4v) is 7.11. The lowest BCUT2D eigenvalue weighted by Gasteiger charge is -2.16. The fourth-order valence-electron chi connectivity index (χ4n) is 4.41. The van der Waals surface area contributed by atoms with Crippen LogP contribution in [-0.4, -0.2) is 53.6 Å². The monoisotopic (exact) mass is 641 g/mol. The number of rotatable bonds is 10. The van der Waals surface area contributed by atoms with E-state index in [2.05, 4.69) is 31.4 Å². The molecular formula is C28H28BrN5O4S2. The molecular weight excluding hydrogens is 614 g/mol. The van der Waals surface area contributed by atoms with E-state index in [0.717, 1.165) is 28.6 Å². The Labute approximate surface area is 246 Å². The van der Waals surface area contributed by atoms with Gasteiger partial charge in [-0.3, -0.25) is 9.36 Å². The summed E-state index contributed by atoms with van der Waals surface area (Å²) in [6, 6.07) is 21.7. The van der Waals surface area contributed by atoms with E-state index >= 15 is 0 Å². The molecule has 0 aliphatic carbocycles. The van der Waals surface area contributed by atoms with E-state index in [1.165, 1.54) is 40.3 Å². The normalized spacial score (nSPS) is 13.8. The van der Waals surface area contributed by atoms with Crippen LogP contribution in [0.15, 0.2) is 87.3 Å². The number of aromatic nitrogens is 3. The number of nitrogens with zero attached hydrogens (tertiary/aromatic N) is 4. The van der Waals surface area contributed by atoms with Gasteiger partial charge in [0.25, 0.3) is 5.91 Å². The molecule has 4 aromatic rings. The Balaban J connectivity index is 1.34. The second-order valence-corrected chi connectivity index (χ2v) is 12.9. The Morgan fingerprint density at radius 1 is 1.00 bits per heavy atom. The Kier molecular flexibility index (Phi) is 8.89. The maximum atomic E-state index is 13.0. The first-order chi connectivity index (χ1) is 19.4. The number of sulfonamides is 1. The number of thioether (sulfide) groups is 1. The zero-order chi connectivity index (χ0) is 28.1. The average molecular weight is 643 g/mol. The second-order valence-electron chi connectivity index (χ2n) is 9.14. The molecule has 9 nitrogen and oxygen atoms in total. The standard InChI is InChI=1S/C28H28BrN5O4S2/c1-38-25-7-3-2-6-24(25)34-26(31-32-28(34)39-19-20-8-12-22(29)13-9-20)18-30-27(35)21-10-14-23(15-11-21)40(36,37)33-16-4-5-17-33/h2-3,6-15H,4-5,16-19H2,1H3,(H,30,35). The first-order valence-corrected chi connectivity index (χ1v) is 15.9. The summed E-state index contributed by atoms with van der Waals surface area (Å²) in [5.41, 5.74) is 2.25. The van der Waals surface area contributed by atoms with Gasteiger partial charge in [-0.2, -0.15) is 4.31 Å². The van der Waals surface area contributed by atoms with Gasteiger partial charge in [-0.05, 0) is 66.9 Å². The molecule has 1 saturated heterocycles. The molecule has 0 atom stereocenters. The molecule has 1 amide bonds. The fraction of sp³-hybridized carbons (Fsp3) is 0.250. The van der Waals surface area contributed by atoms with Crippen molar-refractivity contribution in [1.29, 1.82) is 0 Å². The maximum absolute atomic E-state index is 13.0. The SMILES string of the molecule is COc1ccccc1-n1c(CNC(=O)c2ccc(S(=O)(=O)N3CCCC3)cc2)nnc1SCc1ccc(Br)cc1. The highest BCUT2D eigenvalue weighted by Gasteiger charge is 2.27. The van der Waals surface area contributed by atoms with Crippen molar-refractivity contribution in [3.63, 3.8) is 0 Å². The number of carbonyl (C=O) groups excluding carboxylic acids is 1. The highest BCUT2D eigenvalue weighted by Crippen LogP contribution is 2.30. The number of para-hydroxylation sites is 2. The van der Waals surface area contributed by atoms with Crippen LogP contribution in [0.2, 0.25) is 0 Å². The molecule has 1 aliphatic heterocycles. The summed E-state index contributed by atoms with van der Waals surface area (Å²) < 4.78 is 35.6. The number of halogens is 1. The molecule has 208 valence electrons. The van der Waals surface area contributed by atoms with Crippen LogP contribution in [0, 0.1) is 0 Å². The van der Waals surface area contributed by atoms with E-state index < -0.39 is 10.0 Å². The predicted molar refractivity (Wildman–Crippen MR) is 157 cm³/mol. The molecule has 40 heavy (non-hydrogen) atoms. The number of hydrogen-bond acceptors (Lipinski definition) is 7. The smallest absolute Gasteiger partial charge is 0.251 e. The van der Waals surface area contributed by atoms with Gasteiger partial charge >= 0.3 is 0 Å². The van der Waals surface area contributed by atoms with Crippen molar-refractivity contribution in [2.24, 2.45) is 0 Å². The number of methoxy groups -OCH3 is 1. The van der Waals surface area contributed by atoms with E-state index in [1.807, 2.05) is 53.1 Å². The van der Waals surface area contributed by atoms with Crippen LogP contribution in [0.4, 0.5) is 0 Å². The third kappa shape index (κ3) is 6.25. The predicted octanol–water partition coefficient (Wildman–Crippen LogP) is 5.05. The molecule has 0 radical (unpaired) electrons. The molecule has 3 aromatic carbocycles. The van der Waals surface area contributed by atoms with Crippen molar-refractivity contribution in [3.05, 3.63) is 94.2 Å². The lowest BCUT2D eigenvalue weighted by molar-refractivity contribution is 0.0949. The molecule has 12 heteroatoms. The topological polar surface area (TPSA) is 106 Å². The average Bonchev–Trinajstić information content (AvgIpc) is 3.67. The van der Waals surface area contributed by atoms with E-state index in [0.29, 0.717) is 41.1 Å². The molecule has 0 spiro atoms. The van der Waals surface area contributed by atoms with E-state index in [4.69, 9.17) is 4.74 Å². The summed E-state index contributed by atoms with van der Waals surface area (Å²) in [6.45, 7) is 1.16. The number of amides is 1. The van der Waals surface area contributed by atoms with Gasteiger partial charge in [0, 0.05) is 28.9 Å². The van der Waals surface area contributed by atoms with Crippen molar-refractivity contribution < 1.29 is 17.9 Å². The van der Waals surface area contributed by atoms with Crippen molar-refractivity contribution in [1.82, 2.24) is 24.4 Å². The molecule has 1 aromatic heterocycles. The number of hydrogen-bond donors (Lipinski definition) is 1. The van der Waals surface area contributed by atoms with Crippen LogP contribution < -0.4 is 10.1 Å². The molecule has 0 unspecified atom stereocenters. The van der Waals surface area contributed by atoms with Gasteiger partial charge in [0.15, 0.2) is 11.0 Å². The Bertz CT molecular complexity index is 1590. The lowest BCUT2D eigenvalue weighted by Crippen LogP contribution is -2.28. The van der Waals surface area contributed by atoms with Crippen LogP contribution >= 0.6 is 27.7 Å². The number of nitrogens with one attached hydrogen (secondary N) is 1. The zero-order valence-electron chi connectivity index (χ0n) is 21.8. The molecule has 0 bridgehead atoms. The van der Waals surface area contributed by atoms with Gasteiger partial charge in [0.1, 0.15) is 5.75 Å². The Hall–Kier alpha value is -3.19. The van der Waals surface area contributed by atoms with Gasteiger partial charge in [-0.1, -0.05) is 52.0 Å². The number of benzene rings is 3. The molecule has 0 saturated carbocycles. The van der Waals surface area contributed by atoms with Crippen molar-refractivity contribution in [2.75, 3.05) is 20.2 Å². The maximum Gasteiger partial charge on any atom is 0.251 e. The third-order valence-corrected chi connectivity index (χ3v) is 9.98. The highest BCUT2D eigenvalue weighted by molar-refractivity contribution is 9.10. The summed E-state index contributed by atoms with van der Waals surface area (Å²) in [7, 11) is -1.94. The summed E-state index contributed by atoms with van der Waals surface area (Å²) in [5.74, 6) is 1.52. The molecule has 2 heterocycles. The molecule has 1 N–H and O–H groups in total. The molecule has 5 rings (SSSR count). The first kappa shape index (κ1) is 28.3. The van der Waals surface area contributed by atoms with Gasteiger partial charge in [0.2, 0.25) is 10.0 Å². The quantitative estimate of drug-likeness (QED) is 0.242. The van der Waals surface area contributed by atoms with Gasteiger partial charge in [-0.15, -0.1) is 10.2 Å². The van der Waals surface area contributed by atoms with Crippen LogP contribution in [0.5, 0.6) is 5.75 Å². The van der Waals surface area contributed by atoms with Crippen molar-refractivity contribution >= 4 is 43.6 Å². The first-order valence-electron chi connectivity index (χ1n) is 12.7. The minimum Gasteiger partial charge on any atom is -0.495 e. The van der Waals surface area contributed by atoms with E-state index in [1.54, 1.807) is 7.11 Å². The second kappa shape index (κ2) is 12.5. The van der Waals surface area contributed by atoms with Gasteiger partial charge < -0.3 is 10.1 Å². The highest BCUT2D eigenvalue weighted by atomic mass is 79.9. The summed E-state index contributed by atoms with van der Waals surface area (Å²) in [4.78, 5) is 13.2. The summed E-state index contributed by atoms with van der Waals surface area (Å²) in [6.07, 6.45) is 1.73. The Morgan fingerprint density at radius 2 is 1.70 bits per heavy atom. The Morgan fingerprint density at radius 3 is 2.40 bits per heavy atom. The van der Waals surface area contributed by atoms with Crippen LogP contribution in [0.25, 0.3) is 5.69 Å². The van der Waals surface area contributed by atoms with E-state index in [9.17, 15) is 13.2 Å². The molecule has 1 fully saturated rings. The third-order valence-electron chi connectivity index (χ3n) is 6.53. The number of carbonyl (C=O) groups is 1. The van der Waals surface area contributed by atoms with Crippen molar-refractivity contribution in [3.8, 4) is 11.4 Å². The van der Waals surface area contributed by atoms with Gasteiger partial charge in [-0.25, -0.2) is 8.42 Å². The largest absolute Gasteiger partial charge is 0.495 e.